The van der Waals surface area contributed by atoms with Crippen molar-refractivity contribution in [2.45, 2.75) is 26.2 Å². The Bertz CT molecular complexity index is 506. The first-order valence-corrected chi connectivity index (χ1v) is 6.96. The van der Waals surface area contributed by atoms with Crippen molar-refractivity contribution < 1.29 is 17.1 Å². The third kappa shape index (κ3) is 4.35. The van der Waals surface area contributed by atoms with E-state index in [0.717, 1.165) is 49.0 Å². The molecule has 0 amide bonds. The number of fused-ring (bicyclic) bond motifs is 4. The van der Waals surface area contributed by atoms with Gasteiger partial charge in [-0.1, -0.05) is 12.1 Å². The number of rotatable bonds is 0. The number of hydrogen-bond acceptors (Lipinski definition) is 4. The largest absolute Gasteiger partial charge is 2.00 e. The van der Waals surface area contributed by atoms with E-state index in [1.807, 2.05) is 0 Å². The minimum Gasteiger partial charge on any atom is -0.295 e. The van der Waals surface area contributed by atoms with E-state index in [4.69, 9.17) is 9.97 Å². The number of hydrogen-bond donors (Lipinski definition) is 0. The fourth-order valence-electron chi connectivity index (χ4n) is 2.63. The van der Waals surface area contributed by atoms with Crippen molar-refractivity contribution in [1.29, 1.82) is 0 Å². The molecule has 0 saturated heterocycles. The van der Waals surface area contributed by atoms with Gasteiger partial charge in [-0.25, -0.2) is 0 Å². The van der Waals surface area contributed by atoms with Gasteiger partial charge >= 0.3 is 17.1 Å². The first-order valence-electron chi connectivity index (χ1n) is 6.96. The molecular formula is C16H20MnN4+2. The average Bonchev–Trinajstić information content (AvgIpc) is 2.38. The van der Waals surface area contributed by atoms with Crippen LogP contribution < -0.4 is 0 Å². The molecule has 5 heteroatoms. The number of aromatic nitrogens is 2. The van der Waals surface area contributed by atoms with Crippen LogP contribution >= 0.6 is 0 Å². The minimum absolute atomic E-state index is 0. The fraction of sp³-hybridized carbons (Fsp3) is 0.375. The van der Waals surface area contributed by atoms with Gasteiger partial charge in [-0.05, 0) is 38.4 Å². The third-order valence-corrected chi connectivity index (χ3v) is 3.46. The van der Waals surface area contributed by atoms with E-state index in [2.05, 4.69) is 60.3 Å². The van der Waals surface area contributed by atoms with Gasteiger partial charge in [0, 0.05) is 26.2 Å². The summed E-state index contributed by atoms with van der Waals surface area (Å²) in [4.78, 5) is 14.0. The summed E-state index contributed by atoms with van der Waals surface area (Å²) < 4.78 is 0. The predicted molar refractivity (Wildman–Crippen MR) is 78.8 cm³/mol. The molecule has 4 bridgehead atoms. The first kappa shape index (κ1) is 16.1. The van der Waals surface area contributed by atoms with Crippen LogP contribution in [0.15, 0.2) is 36.4 Å². The second-order valence-corrected chi connectivity index (χ2v) is 5.59. The number of pyridine rings is 2. The van der Waals surface area contributed by atoms with Crippen molar-refractivity contribution in [1.82, 2.24) is 19.8 Å². The Morgan fingerprint density at radius 3 is 1.24 bits per heavy atom. The minimum atomic E-state index is 0. The van der Waals surface area contributed by atoms with Crippen LogP contribution in [0.4, 0.5) is 0 Å². The van der Waals surface area contributed by atoms with Crippen LogP contribution in [0, 0.1) is 0 Å². The Morgan fingerprint density at radius 1 is 0.667 bits per heavy atom. The summed E-state index contributed by atoms with van der Waals surface area (Å²) in [5.41, 5.74) is 4.48. The summed E-state index contributed by atoms with van der Waals surface area (Å²) in [6.45, 7) is 3.40. The second kappa shape index (κ2) is 7.14. The van der Waals surface area contributed by atoms with Crippen LogP contribution in [0.2, 0.25) is 0 Å². The monoisotopic (exact) mass is 323 g/mol. The Hall–Kier alpha value is -1.26. The van der Waals surface area contributed by atoms with E-state index >= 15 is 0 Å². The van der Waals surface area contributed by atoms with Gasteiger partial charge in [-0.15, -0.1) is 0 Å². The van der Waals surface area contributed by atoms with Gasteiger partial charge < -0.3 is 0 Å². The number of nitrogens with zero attached hydrogens (tertiary/aromatic N) is 4. The molecule has 0 unspecified atom stereocenters. The standard InChI is InChI=1S/C16H20N4.Mn/c1-19-9-13-5-3-7-15(17-13)11-20(2)12-16-8-4-6-14(10-19)18-16;/h3-8H,9-12H2,1-2H3;/q;+2. The maximum absolute atomic E-state index is 4.74. The molecule has 1 radical (unpaired) electrons. The van der Waals surface area contributed by atoms with Crippen LogP contribution in [0.5, 0.6) is 0 Å². The third-order valence-electron chi connectivity index (χ3n) is 3.46. The van der Waals surface area contributed by atoms with Gasteiger partial charge in [-0.3, -0.25) is 19.8 Å². The summed E-state index contributed by atoms with van der Waals surface area (Å²) >= 11 is 0. The zero-order valence-corrected chi connectivity index (χ0v) is 13.6. The van der Waals surface area contributed by atoms with Gasteiger partial charge in [0.15, 0.2) is 0 Å². The molecule has 0 spiro atoms. The molecular weight excluding hydrogens is 303 g/mol. The van der Waals surface area contributed by atoms with Gasteiger partial charge in [-0.2, -0.15) is 0 Å². The Morgan fingerprint density at radius 2 is 0.952 bits per heavy atom. The molecule has 2 aromatic rings. The van der Waals surface area contributed by atoms with Crippen LogP contribution in [0.25, 0.3) is 0 Å². The SMILES string of the molecule is CN1Cc2cccc(n2)CN(C)Cc2cccc(n2)C1.[Mn+2]. The average molecular weight is 323 g/mol. The van der Waals surface area contributed by atoms with Crippen LogP contribution in [0.1, 0.15) is 22.8 Å². The van der Waals surface area contributed by atoms with Crippen LogP contribution in [-0.2, 0) is 43.2 Å². The van der Waals surface area contributed by atoms with Crippen molar-refractivity contribution in [3.63, 3.8) is 0 Å². The molecule has 4 nitrogen and oxygen atoms in total. The molecule has 0 fully saturated rings. The predicted octanol–water partition coefficient (Wildman–Crippen LogP) is 2.05. The summed E-state index contributed by atoms with van der Waals surface area (Å²) in [5.74, 6) is 0. The second-order valence-electron chi connectivity index (χ2n) is 5.59. The molecule has 0 aliphatic carbocycles. The Kier molecular flexibility index (Phi) is 5.48. The molecule has 3 heterocycles. The normalized spacial score (nSPS) is 16.5. The van der Waals surface area contributed by atoms with Gasteiger partial charge in [0.05, 0.1) is 22.8 Å². The van der Waals surface area contributed by atoms with E-state index < -0.39 is 0 Å². The molecule has 1 aliphatic heterocycles. The Balaban J connectivity index is 0.00000161. The zero-order chi connectivity index (χ0) is 13.9. The molecule has 21 heavy (non-hydrogen) atoms. The van der Waals surface area contributed by atoms with Crippen molar-refractivity contribution in [2.24, 2.45) is 0 Å². The van der Waals surface area contributed by atoms with Gasteiger partial charge in [0.2, 0.25) is 0 Å². The quantitative estimate of drug-likeness (QED) is 0.695. The van der Waals surface area contributed by atoms with E-state index in [9.17, 15) is 0 Å². The molecule has 0 saturated carbocycles. The molecule has 3 rings (SSSR count). The topological polar surface area (TPSA) is 32.3 Å². The van der Waals surface area contributed by atoms with Crippen molar-refractivity contribution >= 4 is 0 Å². The zero-order valence-electron chi connectivity index (χ0n) is 12.5. The van der Waals surface area contributed by atoms with Crippen LogP contribution in [0.3, 0.4) is 0 Å². The first-order chi connectivity index (χ1) is 9.69. The maximum Gasteiger partial charge on any atom is 2.00 e. The smallest absolute Gasteiger partial charge is 0.295 e. The molecule has 1 aliphatic rings. The van der Waals surface area contributed by atoms with E-state index in [1.54, 1.807) is 0 Å². The van der Waals surface area contributed by atoms with Gasteiger partial charge in [0.25, 0.3) is 0 Å². The molecule has 0 aromatic carbocycles. The van der Waals surface area contributed by atoms with Crippen molar-refractivity contribution in [2.75, 3.05) is 14.1 Å². The summed E-state index contributed by atoms with van der Waals surface area (Å²) in [5, 5.41) is 0. The van der Waals surface area contributed by atoms with Crippen LogP contribution in [-0.4, -0.2) is 33.9 Å². The summed E-state index contributed by atoms with van der Waals surface area (Å²) in [6.07, 6.45) is 0. The van der Waals surface area contributed by atoms with E-state index in [0.29, 0.717) is 0 Å². The molecule has 0 atom stereocenters. The van der Waals surface area contributed by atoms with Crippen molar-refractivity contribution in [3.05, 3.63) is 59.2 Å². The Labute approximate surface area is 136 Å². The summed E-state index contributed by atoms with van der Waals surface area (Å²) in [6, 6.07) is 12.6. The van der Waals surface area contributed by atoms with E-state index in [1.165, 1.54) is 0 Å². The summed E-state index contributed by atoms with van der Waals surface area (Å²) in [7, 11) is 4.22. The van der Waals surface area contributed by atoms with Gasteiger partial charge in [0.1, 0.15) is 0 Å². The van der Waals surface area contributed by atoms with Crippen molar-refractivity contribution in [3.8, 4) is 0 Å². The molecule has 0 N–H and O–H groups in total. The maximum atomic E-state index is 4.74. The molecule has 109 valence electrons. The van der Waals surface area contributed by atoms with E-state index in [-0.39, 0.29) is 17.1 Å². The molecule has 2 aromatic heterocycles. The fourth-order valence-corrected chi connectivity index (χ4v) is 2.63.